The molecule has 0 saturated carbocycles. The second kappa shape index (κ2) is 11.2. The second-order valence-electron chi connectivity index (χ2n) is 12.6. The number of nitrogens with zero attached hydrogens (tertiary/aromatic N) is 4. The first-order chi connectivity index (χ1) is 19.5. The maximum Gasteiger partial charge on any atom is 0.335 e. The summed E-state index contributed by atoms with van der Waals surface area (Å²) in [5.74, 6) is -0.225. The summed E-state index contributed by atoms with van der Waals surface area (Å²) in [6, 6.07) is 10.1. The summed E-state index contributed by atoms with van der Waals surface area (Å²) in [4.78, 5) is 28.4. The molecule has 2 N–H and O–H groups in total. The van der Waals surface area contributed by atoms with E-state index in [2.05, 4.69) is 16.4 Å². The molecule has 0 spiro atoms. The van der Waals surface area contributed by atoms with Crippen LogP contribution in [0.15, 0.2) is 46.2 Å². The molecule has 1 saturated heterocycles. The Kier molecular flexibility index (Phi) is 8.30. The van der Waals surface area contributed by atoms with Crippen molar-refractivity contribution >= 4 is 38.4 Å². The molecule has 4 rings (SSSR count). The Morgan fingerprint density at radius 3 is 2.45 bits per heavy atom. The maximum atomic E-state index is 13.1. The van der Waals surface area contributed by atoms with Crippen LogP contribution in [0.4, 0.5) is 11.5 Å². The Labute approximate surface area is 245 Å². The van der Waals surface area contributed by atoms with Crippen LogP contribution in [0.3, 0.4) is 0 Å². The van der Waals surface area contributed by atoms with Crippen LogP contribution in [0.2, 0.25) is 0 Å². The molecule has 0 bridgehead atoms. The normalized spacial score (nSPS) is 19.9. The Morgan fingerprint density at radius 1 is 1.24 bits per heavy atom. The van der Waals surface area contributed by atoms with Crippen LogP contribution < -0.4 is 10.9 Å². The molecule has 0 aliphatic carbocycles. The Balaban J connectivity index is 1.67. The van der Waals surface area contributed by atoms with Gasteiger partial charge < -0.3 is 19.8 Å². The van der Waals surface area contributed by atoms with E-state index in [1.54, 1.807) is 43.7 Å². The molecule has 0 radical (unpaired) electrons. The summed E-state index contributed by atoms with van der Waals surface area (Å²) in [6.45, 7) is 10.8. The molecule has 3 heterocycles. The zero-order chi connectivity index (χ0) is 31.1. The SMILES string of the molecule is CN(C(C)(C)C)S(=O)(=O)c1ccc(Nc2nn([C@]3(CC#N)CC[C@@H](C(=O)OC(C)(C)C)OC3)c3cc[nH]c(=O)c23)cc1. The van der Waals surface area contributed by atoms with Crippen molar-refractivity contribution in [1.82, 2.24) is 19.1 Å². The van der Waals surface area contributed by atoms with Gasteiger partial charge in [-0.1, -0.05) is 0 Å². The molecule has 42 heavy (non-hydrogen) atoms. The molecule has 0 unspecified atom stereocenters. The van der Waals surface area contributed by atoms with Gasteiger partial charge in [0, 0.05) is 24.5 Å². The van der Waals surface area contributed by atoms with Crippen molar-refractivity contribution < 1.29 is 22.7 Å². The predicted molar refractivity (Wildman–Crippen MR) is 158 cm³/mol. The number of aromatic amines is 1. The average molecular weight is 599 g/mol. The number of pyridine rings is 1. The third-order valence-electron chi connectivity index (χ3n) is 7.28. The lowest BCUT2D eigenvalue weighted by atomic mass is 9.87. The first kappa shape index (κ1) is 31.2. The van der Waals surface area contributed by atoms with Crippen molar-refractivity contribution in [3.05, 3.63) is 46.9 Å². The molecule has 226 valence electrons. The number of benzene rings is 1. The molecule has 2 aromatic heterocycles. The van der Waals surface area contributed by atoms with Gasteiger partial charge >= 0.3 is 5.97 Å². The van der Waals surface area contributed by atoms with Gasteiger partial charge in [0.15, 0.2) is 11.9 Å². The number of fused-ring (bicyclic) bond motifs is 1. The highest BCUT2D eigenvalue weighted by Crippen LogP contribution is 2.37. The number of hydrogen-bond donors (Lipinski definition) is 2. The number of ether oxygens (including phenoxy) is 2. The lowest BCUT2D eigenvalue weighted by Crippen LogP contribution is -2.47. The molecule has 2 atom stereocenters. The number of anilines is 2. The summed E-state index contributed by atoms with van der Waals surface area (Å²) in [5, 5.41) is 17.9. The first-order valence-corrected chi connectivity index (χ1v) is 15.1. The van der Waals surface area contributed by atoms with Crippen LogP contribution in [0, 0.1) is 11.3 Å². The van der Waals surface area contributed by atoms with Crippen LogP contribution in [0.5, 0.6) is 0 Å². The van der Waals surface area contributed by atoms with E-state index < -0.39 is 38.8 Å². The Hall–Kier alpha value is -3.73. The van der Waals surface area contributed by atoms with Crippen molar-refractivity contribution in [2.75, 3.05) is 19.0 Å². The van der Waals surface area contributed by atoms with Gasteiger partial charge in [-0.05, 0) is 84.7 Å². The summed E-state index contributed by atoms with van der Waals surface area (Å²) < 4.78 is 40.5. The van der Waals surface area contributed by atoms with Crippen molar-refractivity contribution in [1.29, 1.82) is 5.26 Å². The van der Waals surface area contributed by atoms with Crippen molar-refractivity contribution in [2.45, 2.75) is 88.5 Å². The highest BCUT2D eigenvalue weighted by Gasteiger charge is 2.43. The Morgan fingerprint density at radius 2 is 1.90 bits per heavy atom. The van der Waals surface area contributed by atoms with Crippen molar-refractivity contribution in [2.24, 2.45) is 0 Å². The summed E-state index contributed by atoms with van der Waals surface area (Å²) in [6.07, 6.45) is 1.46. The van der Waals surface area contributed by atoms with Gasteiger partial charge in [0.05, 0.1) is 35.0 Å². The molecule has 0 amide bonds. The van der Waals surface area contributed by atoms with E-state index in [1.807, 2.05) is 20.8 Å². The van der Waals surface area contributed by atoms with Gasteiger partial charge in [-0.25, -0.2) is 13.2 Å². The number of esters is 1. The van der Waals surface area contributed by atoms with Crippen LogP contribution in [-0.4, -0.2) is 64.4 Å². The summed E-state index contributed by atoms with van der Waals surface area (Å²) in [7, 11) is -2.18. The van der Waals surface area contributed by atoms with Crippen molar-refractivity contribution in [3.8, 4) is 6.07 Å². The lowest BCUT2D eigenvalue weighted by Gasteiger charge is -2.39. The standard InChI is InChI=1S/C29H38N6O6S/c1-27(2,3)34(7)42(38,39)20-10-8-19(9-11-20)32-24-23-21(13-17-31-25(23)36)35(33-24)29(15-16-30)14-12-22(40-18-29)26(37)41-28(4,5)6/h8-11,13,17,22H,12,14-15,18H2,1-7H3,(H,31,36)(H,32,33)/t22-,29-/m0/s1. The first-order valence-electron chi connectivity index (χ1n) is 13.7. The van der Waals surface area contributed by atoms with E-state index in [0.717, 1.165) is 0 Å². The fourth-order valence-corrected chi connectivity index (χ4v) is 6.30. The van der Waals surface area contributed by atoms with E-state index in [0.29, 0.717) is 24.0 Å². The van der Waals surface area contributed by atoms with E-state index in [1.165, 1.54) is 29.7 Å². The van der Waals surface area contributed by atoms with Gasteiger partial charge in [-0.3, -0.25) is 9.48 Å². The minimum absolute atomic E-state index is 0.0152. The maximum absolute atomic E-state index is 13.1. The van der Waals surface area contributed by atoms with Crippen LogP contribution in [-0.2, 0) is 29.8 Å². The number of carbonyl (C=O) groups is 1. The molecule has 13 heteroatoms. The second-order valence-corrected chi connectivity index (χ2v) is 14.5. The fourth-order valence-electron chi connectivity index (χ4n) is 4.78. The molecular formula is C29H38N6O6S. The molecule has 1 fully saturated rings. The number of aromatic nitrogens is 3. The minimum atomic E-state index is -3.72. The molecule has 1 aliphatic rings. The number of hydrogen-bond acceptors (Lipinski definition) is 9. The smallest absolute Gasteiger partial charge is 0.335 e. The molecule has 3 aromatic rings. The lowest BCUT2D eigenvalue weighted by molar-refractivity contribution is -0.176. The predicted octanol–water partition coefficient (Wildman–Crippen LogP) is 4.02. The van der Waals surface area contributed by atoms with Gasteiger partial charge in [-0.15, -0.1) is 0 Å². The van der Waals surface area contributed by atoms with E-state index in [-0.39, 0.29) is 34.7 Å². The number of sulfonamides is 1. The van der Waals surface area contributed by atoms with E-state index in [9.17, 15) is 23.3 Å². The Bertz CT molecular complexity index is 1660. The zero-order valence-corrected chi connectivity index (χ0v) is 25.8. The fraction of sp³-hybridized carbons (Fsp3) is 0.517. The van der Waals surface area contributed by atoms with Gasteiger partial charge in [0.1, 0.15) is 11.0 Å². The number of rotatable bonds is 7. The van der Waals surface area contributed by atoms with Gasteiger partial charge in [0.25, 0.3) is 5.56 Å². The third kappa shape index (κ3) is 6.21. The summed E-state index contributed by atoms with van der Waals surface area (Å²) >= 11 is 0. The summed E-state index contributed by atoms with van der Waals surface area (Å²) in [5.41, 5.74) is -1.58. The molecule has 1 aliphatic heterocycles. The molecule has 12 nitrogen and oxygen atoms in total. The highest BCUT2D eigenvalue weighted by atomic mass is 32.2. The van der Waals surface area contributed by atoms with Crippen LogP contribution in [0.1, 0.15) is 60.8 Å². The molecule has 1 aromatic carbocycles. The number of nitrogens with one attached hydrogen (secondary N) is 2. The number of carbonyl (C=O) groups excluding carboxylic acids is 1. The third-order valence-corrected chi connectivity index (χ3v) is 9.41. The van der Waals surface area contributed by atoms with Crippen molar-refractivity contribution in [3.63, 3.8) is 0 Å². The largest absolute Gasteiger partial charge is 0.458 e. The average Bonchev–Trinajstić information content (AvgIpc) is 3.27. The number of H-pyrrole nitrogens is 1. The monoisotopic (exact) mass is 598 g/mol. The quantitative estimate of drug-likeness (QED) is 0.383. The topological polar surface area (TPSA) is 159 Å². The minimum Gasteiger partial charge on any atom is -0.458 e. The molecular weight excluding hydrogens is 560 g/mol. The zero-order valence-electron chi connectivity index (χ0n) is 25.0. The van der Waals surface area contributed by atoms with Gasteiger partial charge in [-0.2, -0.15) is 14.7 Å². The van der Waals surface area contributed by atoms with Crippen LogP contribution >= 0.6 is 0 Å². The van der Waals surface area contributed by atoms with Crippen LogP contribution in [0.25, 0.3) is 10.9 Å². The van der Waals surface area contributed by atoms with E-state index in [4.69, 9.17) is 14.6 Å². The van der Waals surface area contributed by atoms with Gasteiger partial charge in [0.2, 0.25) is 10.0 Å². The highest BCUT2D eigenvalue weighted by molar-refractivity contribution is 7.89. The number of nitriles is 1. The van der Waals surface area contributed by atoms with E-state index >= 15 is 0 Å².